The molecule has 24 heavy (non-hydrogen) atoms. The Morgan fingerprint density at radius 3 is 2.50 bits per heavy atom. The van der Waals surface area contributed by atoms with Crippen molar-refractivity contribution in [2.24, 2.45) is 0 Å². The molecular formula is C17H20N3O4+. The van der Waals surface area contributed by atoms with Crippen LogP contribution in [0.15, 0.2) is 51.3 Å². The highest BCUT2D eigenvalue weighted by Crippen LogP contribution is 2.10. The molecule has 2 amide bonds. The first-order valence-electron chi connectivity index (χ1n) is 7.84. The number of likely N-dealkylation sites (N-methyl/N-ethyl adjacent to an activating group) is 1. The molecule has 0 aliphatic carbocycles. The van der Waals surface area contributed by atoms with Crippen molar-refractivity contribution in [3.05, 3.63) is 54.0 Å². The van der Waals surface area contributed by atoms with Crippen LogP contribution >= 0.6 is 0 Å². The summed E-state index contributed by atoms with van der Waals surface area (Å²) in [7, 11) is 2.10. The number of piperazine rings is 1. The SMILES string of the molecule is C[NH+]1CCN(C(=O)/C(=C\c2ccco2)NC(=O)c2ccco2)CC1. The Balaban J connectivity index is 1.79. The Morgan fingerprint density at radius 2 is 1.88 bits per heavy atom. The first kappa shape index (κ1) is 16.1. The van der Waals surface area contributed by atoms with E-state index in [1.807, 2.05) is 0 Å². The number of carbonyl (C=O) groups excluding carboxylic acids is 2. The average molecular weight is 330 g/mol. The molecule has 0 aromatic carbocycles. The van der Waals surface area contributed by atoms with Gasteiger partial charge in [-0.05, 0) is 24.3 Å². The average Bonchev–Trinajstić information content (AvgIpc) is 3.28. The zero-order valence-corrected chi connectivity index (χ0v) is 13.5. The van der Waals surface area contributed by atoms with Gasteiger partial charge in [0.25, 0.3) is 11.8 Å². The molecule has 3 rings (SSSR count). The summed E-state index contributed by atoms with van der Waals surface area (Å²) in [6, 6.07) is 6.61. The van der Waals surface area contributed by atoms with Gasteiger partial charge in [0.05, 0.1) is 45.8 Å². The van der Waals surface area contributed by atoms with Crippen LogP contribution in [0.4, 0.5) is 0 Å². The summed E-state index contributed by atoms with van der Waals surface area (Å²) in [5, 5.41) is 2.64. The number of hydrogen-bond acceptors (Lipinski definition) is 4. The summed E-state index contributed by atoms with van der Waals surface area (Å²) in [6.45, 7) is 3.06. The highest BCUT2D eigenvalue weighted by molar-refractivity contribution is 6.04. The van der Waals surface area contributed by atoms with E-state index in [9.17, 15) is 9.59 Å². The molecule has 0 atom stereocenters. The van der Waals surface area contributed by atoms with Crippen LogP contribution in [-0.4, -0.2) is 49.9 Å². The smallest absolute Gasteiger partial charge is 0.291 e. The van der Waals surface area contributed by atoms with Crippen molar-refractivity contribution in [2.75, 3.05) is 33.2 Å². The van der Waals surface area contributed by atoms with E-state index >= 15 is 0 Å². The van der Waals surface area contributed by atoms with Gasteiger partial charge in [-0.25, -0.2) is 0 Å². The van der Waals surface area contributed by atoms with Crippen molar-refractivity contribution in [3.8, 4) is 0 Å². The summed E-state index contributed by atoms with van der Waals surface area (Å²) < 4.78 is 10.3. The van der Waals surface area contributed by atoms with Crippen molar-refractivity contribution in [3.63, 3.8) is 0 Å². The van der Waals surface area contributed by atoms with Crippen LogP contribution in [-0.2, 0) is 4.79 Å². The van der Waals surface area contributed by atoms with Crippen LogP contribution in [0.2, 0.25) is 0 Å². The maximum Gasteiger partial charge on any atom is 0.291 e. The number of carbonyl (C=O) groups is 2. The van der Waals surface area contributed by atoms with Crippen LogP contribution in [0, 0.1) is 0 Å². The fourth-order valence-corrected chi connectivity index (χ4v) is 2.52. The lowest BCUT2D eigenvalue weighted by molar-refractivity contribution is -0.883. The number of hydrogen-bond donors (Lipinski definition) is 2. The van der Waals surface area contributed by atoms with Gasteiger partial charge in [-0.15, -0.1) is 0 Å². The summed E-state index contributed by atoms with van der Waals surface area (Å²) >= 11 is 0. The topological polar surface area (TPSA) is 80.1 Å². The van der Waals surface area contributed by atoms with E-state index in [1.54, 1.807) is 29.2 Å². The van der Waals surface area contributed by atoms with Gasteiger partial charge in [0.2, 0.25) is 0 Å². The Morgan fingerprint density at radius 1 is 1.17 bits per heavy atom. The summed E-state index contributed by atoms with van der Waals surface area (Å²) in [4.78, 5) is 28.2. The van der Waals surface area contributed by atoms with E-state index < -0.39 is 5.91 Å². The molecule has 126 valence electrons. The maximum absolute atomic E-state index is 12.8. The minimum Gasteiger partial charge on any atom is -0.465 e. The number of rotatable bonds is 4. The van der Waals surface area contributed by atoms with Crippen molar-refractivity contribution < 1.29 is 23.3 Å². The lowest BCUT2D eigenvalue weighted by Gasteiger charge is -2.30. The second-order valence-corrected chi connectivity index (χ2v) is 5.75. The molecule has 0 saturated carbocycles. The van der Waals surface area contributed by atoms with E-state index in [1.165, 1.54) is 23.5 Å². The molecule has 0 spiro atoms. The lowest BCUT2D eigenvalue weighted by Crippen LogP contribution is -3.12. The Kier molecular flexibility index (Phi) is 4.81. The molecule has 2 aromatic heterocycles. The minimum absolute atomic E-state index is 0.149. The molecule has 2 N–H and O–H groups in total. The highest BCUT2D eigenvalue weighted by atomic mass is 16.3. The number of quaternary nitrogens is 1. The van der Waals surface area contributed by atoms with Crippen LogP contribution in [0.25, 0.3) is 6.08 Å². The number of amides is 2. The Labute approximate surface area is 139 Å². The van der Waals surface area contributed by atoms with Gasteiger partial charge in [-0.2, -0.15) is 0 Å². The third-order valence-corrected chi connectivity index (χ3v) is 3.96. The molecule has 7 heteroatoms. The van der Waals surface area contributed by atoms with E-state index in [-0.39, 0.29) is 17.4 Å². The fraction of sp³-hybridized carbons (Fsp3) is 0.294. The summed E-state index contributed by atoms with van der Waals surface area (Å²) in [5.74, 6) is -0.0430. The fourth-order valence-electron chi connectivity index (χ4n) is 2.52. The molecule has 0 unspecified atom stereocenters. The van der Waals surface area contributed by atoms with E-state index in [4.69, 9.17) is 8.83 Å². The molecule has 1 aliphatic heterocycles. The van der Waals surface area contributed by atoms with Crippen molar-refractivity contribution >= 4 is 17.9 Å². The second kappa shape index (κ2) is 7.18. The Bertz CT molecular complexity index is 711. The summed E-state index contributed by atoms with van der Waals surface area (Å²) in [5.41, 5.74) is 0.172. The molecule has 2 aromatic rings. The first-order chi connectivity index (χ1) is 11.6. The Hall–Kier alpha value is -2.80. The quantitative estimate of drug-likeness (QED) is 0.774. The molecule has 1 fully saturated rings. The van der Waals surface area contributed by atoms with E-state index in [2.05, 4.69) is 12.4 Å². The van der Waals surface area contributed by atoms with Gasteiger partial charge >= 0.3 is 0 Å². The third-order valence-electron chi connectivity index (χ3n) is 3.96. The zero-order valence-electron chi connectivity index (χ0n) is 13.5. The van der Waals surface area contributed by atoms with Crippen LogP contribution in [0.1, 0.15) is 16.3 Å². The van der Waals surface area contributed by atoms with Crippen molar-refractivity contribution in [2.45, 2.75) is 0 Å². The molecular weight excluding hydrogens is 310 g/mol. The largest absolute Gasteiger partial charge is 0.465 e. The first-order valence-corrected chi connectivity index (χ1v) is 7.84. The van der Waals surface area contributed by atoms with Crippen molar-refractivity contribution in [1.82, 2.24) is 10.2 Å². The van der Waals surface area contributed by atoms with Crippen LogP contribution in [0.5, 0.6) is 0 Å². The molecule has 1 aliphatic rings. The van der Waals surface area contributed by atoms with Gasteiger partial charge in [-0.3, -0.25) is 9.59 Å². The van der Waals surface area contributed by atoms with Gasteiger partial charge < -0.3 is 24.0 Å². The zero-order chi connectivity index (χ0) is 16.9. The second-order valence-electron chi connectivity index (χ2n) is 5.75. The van der Waals surface area contributed by atoms with Crippen LogP contribution < -0.4 is 10.2 Å². The lowest BCUT2D eigenvalue weighted by atomic mass is 10.2. The number of furan rings is 2. The maximum atomic E-state index is 12.8. The number of nitrogens with one attached hydrogen (secondary N) is 2. The predicted molar refractivity (Wildman–Crippen MR) is 86.1 cm³/mol. The van der Waals surface area contributed by atoms with Crippen molar-refractivity contribution in [1.29, 1.82) is 0 Å². The third kappa shape index (κ3) is 3.75. The molecule has 0 bridgehead atoms. The molecule has 1 saturated heterocycles. The standard InChI is InChI=1S/C17H19N3O4/c1-19-6-8-20(9-7-19)17(22)14(12-13-4-2-10-23-13)18-16(21)15-5-3-11-24-15/h2-5,10-12H,6-9H2,1H3,(H,18,21)/p+1/b14-12+. The predicted octanol–water partition coefficient (Wildman–Crippen LogP) is 0.000400. The normalized spacial score (nSPS) is 16.2. The minimum atomic E-state index is -0.467. The van der Waals surface area contributed by atoms with Crippen LogP contribution in [0.3, 0.4) is 0 Å². The van der Waals surface area contributed by atoms with E-state index in [0.29, 0.717) is 18.8 Å². The van der Waals surface area contributed by atoms with Gasteiger partial charge in [-0.1, -0.05) is 0 Å². The number of nitrogens with zero attached hydrogens (tertiary/aromatic N) is 1. The molecule has 3 heterocycles. The van der Waals surface area contributed by atoms with E-state index in [0.717, 1.165) is 13.1 Å². The van der Waals surface area contributed by atoms with Gasteiger partial charge in [0.15, 0.2) is 5.76 Å². The molecule has 7 nitrogen and oxygen atoms in total. The summed E-state index contributed by atoms with van der Waals surface area (Å²) in [6.07, 6.45) is 4.46. The van der Waals surface area contributed by atoms with Gasteiger partial charge in [0, 0.05) is 6.08 Å². The highest BCUT2D eigenvalue weighted by Gasteiger charge is 2.26. The molecule has 0 radical (unpaired) electrons. The van der Waals surface area contributed by atoms with Gasteiger partial charge in [0.1, 0.15) is 11.5 Å². The monoisotopic (exact) mass is 330 g/mol.